The van der Waals surface area contributed by atoms with E-state index in [1.165, 1.54) is 19.3 Å². The SMILES string of the molecule is CC(C)(O)C1CC[C@]2(C(=O)O)CC[C@]3(C)C(CCC4[C@@]5(C)CC[C@H](O)C(C)(C)C5CC[C@]43C)C12. The van der Waals surface area contributed by atoms with Gasteiger partial charge in [0.25, 0.3) is 0 Å². The van der Waals surface area contributed by atoms with Gasteiger partial charge in [-0.1, -0.05) is 34.6 Å². The molecule has 0 aliphatic heterocycles. The summed E-state index contributed by atoms with van der Waals surface area (Å²) < 4.78 is 0. The first kappa shape index (κ1) is 25.1. The van der Waals surface area contributed by atoms with Crippen molar-refractivity contribution < 1.29 is 20.1 Å². The van der Waals surface area contributed by atoms with Gasteiger partial charge in [0.1, 0.15) is 0 Å². The topological polar surface area (TPSA) is 77.8 Å². The Balaban J connectivity index is 1.57. The molecule has 4 nitrogen and oxygen atoms in total. The fraction of sp³-hybridized carbons (Fsp3) is 0.967. The number of carboxylic acids is 1. The minimum Gasteiger partial charge on any atom is -0.481 e. The molecule has 5 aliphatic rings. The van der Waals surface area contributed by atoms with Crippen molar-refractivity contribution >= 4 is 5.97 Å². The highest BCUT2D eigenvalue weighted by molar-refractivity contribution is 5.76. The summed E-state index contributed by atoms with van der Waals surface area (Å²) in [6.07, 6.45) is 9.72. The smallest absolute Gasteiger partial charge is 0.309 e. The van der Waals surface area contributed by atoms with E-state index < -0.39 is 17.0 Å². The molecule has 10 atom stereocenters. The third-order valence-electron chi connectivity index (χ3n) is 13.7. The molecule has 5 aliphatic carbocycles. The normalized spacial score (nSPS) is 54.4. The van der Waals surface area contributed by atoms with Crippen molar-refractivity contribution in [2.75, 3.05) is 0 Å². The summed E-state index contributed by atoms with van der Waals surface area (Å²) in [5.74, 6) is 1.03. The summed E-state index contributed by atoms with van der Waals surface area (Å²) in [5.41, 5.74) is -1.04. The molecular formula is C30H50O4. The number of aliphatic hydroxyl groups excluding tert-OH is 1. The van der Waals surface area contributed by atoms with Crippen molar-refractivity contribution in [3.63, 3.8) is 0 Å². The lowest BCUT2D eigenvalue weighted by Gasteiger charge is -2.72. The Hall–Kier alpha value is -0.610. The van der Waals surface area contributed by atoms with Gasteiger partial charge < -0.3 is 15.3 Å². The maximum absolute atomic E-state index is 12.8. The summed E-state index contributed by atoms with van der Waals surface area (Å²) in [6, 6.07) is 0. The van der Waals surface area contributed by atoms with Crippen LogP contribution in [0.1, 0.15) is 113 Å². The van der Waals surface area contributed by atoms with Crippen molar-refractivity contribution in [2.24, 2.45) is 56.7 Å². The zero-order chi connectivity index (χ0) is 25.1. The van der Waals surface area contributed by atoms with Crippen LogP contribution in [0.4, 0.5) is 0 Å². The molecule has 5 rings (SSSR count). The maximum atomic E-state index is 12.8. The van der Waals surface area contributed by atoms with E-state index in [2.05, 4.69) is 34.6 Å². The first-order valence-electron chi connectivity index (χ1n) is 14.2. The molecule has 0 aromatic carbocycles. The summed E-state index contributed by atoms with van der Waals surface area (Å²) >= 11 is 0. The third kappa shape index (κ3) is 2.88. The predicted octanol–water partition coefficient (Wildman–Crippen LogP) is 6.28. The number of fused-ring (bicyclic) bond motifs is 7. The van der Waals surface area contributed by atoms with Crippen LogP contribution in [0, 0.1) is 56.7 Å². The molecule has 0 amide bonds. The van der Waals surface area contributed by atoms with Crippen LogP contribution in [0.3, 0.4) is 0 Å². The van der Waals surface area contributed by atoms with Gasteiger partial charge in [-0.05, 0) is 129 Å². The van der Waals surface area contributed by atoms with E-state index in [1.807, 2.05) is 13.8 Å². The Morgan fingerprint density at radius 2 is 1.47 bits per heavy atom. The molecule has 194 valence electrons. The monoisotopic (exact) mass is 474 g/mol. The number of hydrogen-bond donors (Lipinski definition) is 3. The van der Waals surface area contributed by atoms with Crippen LogP contribution < -0.4 is 0 Å². The Kier molecular flexibility index (Phi) is 5.34. The quantitative estimate of drug-likeness (QED) is 0.440. The van der Waals surface area contributed by atoms with Gasteiger partial charge in [-0.2, -0.15) is 0 Å². The minimum absolute atomic E-state index is 0.0471. The maximum Gasteiger partial charge on any atom is 0.309 e. The average molecular weight is 475 g/mol. The van der Waals surface area contributed by atoms with Gasteiger partial charge in [0, 0.05) is 0 Å². The number of hydrogen-bond acceptors (Lipinski definition) is 3. The zero-order valence-corrected chi connectivity index (χ0v) is 22.8. The first-order chi connectivity index (χ1) is 15.6. The average Bonchev–Trinajstić information content (AvgIpc) is 3.13. The van der Waals surface area contributed by atoms with Crippen molar-refractivity contribution in [2.45, 2.75) is 124 Å². The van der Waals surface area contributed by atoms with E-state index in [-0.39, 0.29) is 39.6 Å². The summed E-state index contributed by atoms with van der Waals surface area (Å²) in [4.78, 5) is 12.8. The number of rotatable bonds is 2. The molecule has 0 radical (unpaired) electrons. The van der Waals surface area contributed by atoms with E-state index in [9.17, 15) is 20.1 Å². The van der Waals surface area contributed by atoms with Gasteiger partial charge in [0.15, 0.2) is 0 Å². The Morgan fingerprint density at radius 1 is 0.794 bits per heavy atom. The van der Waals surface area contributed by atoms with E-state index in [4.69, 9.17) is 0 Å². The number of aliphatic hydroxyl groups is 2. The molecule has 5 saturated carbocycles. The van der Waals surface area contributed by atoms with Crippen LogP contribution in [0.15, 0.2) is 0 Å². The van der Waals surface area contributed by atoms with Gasteiger partial charge in [0.2, 0.25) is 0 Å². The van der Waals surface area contributed by atoms with Crippen molar-refractivity contribution in [3.05, 3.63) is 0 Å². The standard InChI is InChI=1S/C30H50O4/c1-25(2)20-11-14-29(7)21(27(20,5)13-12-22(25)31)9-8-19-23-18(26(3,4)34)10-15-30(23,24(32)33)17-16-28(19,29)6/h18-23,31,34H,8-17H2,1-7H3,(H,32,33)/t18?,19?,20?,21?,22-,23?,27-,28+,29+,30-/m0/s1. The minimum atomic E-state index is -0.842. The van der Waals surface area contributed by atoms with Gasteiger partial charge in [-0.15, -0.1) is 0 Å². The number of carboxylic acid groups (broad SMARTS) is 1. The summed E-state index contributed by atoms with van der Waals surface area (Å²) in [5, 5.41) is 32.6. The van der Waals surface area contributed by atoms with Crippen molar-refractivity contribution in [1.29, 1.82) is 0 Å². The number of carbonyl (C=O) groups is 1. The molecule has 0 heterocycles. The molecule has 4 heteroatoms. The summed E-state index contributed by atoms with van der Waals surface area (Å²) in [6.45, 7) is 16.0. The molecule has 0 saturated heterocycles. The fourth-order valence-corrected chi connectivity index (χ4v) is 11.7. The van der Waals surface area contributed by atoms with Crippen molar-refractivity contribution in [3.8, 4) is 0 Å². The van der Waals surface area contributed by atoms with E-state index in [0.29, 0.717) is 17.8 Å². The first-order valence-corrected chi connectivity index (χ1v) is 14.2. The lowest BCUT2D eigenvalue weighted by Crippen LogP contribution is -2.67. The van der Waals surface area contributed by atoms with E-state index in [1.54, 1.807) is 0 Å². The molecule has 0 bridgehead atoms. The molecule has 5 unspecified atom stereocenters. The lowest BCUT2D eigenvalue weighted by atomic mass is 9.32. The second-order valence-corrected chi connectivity index (χ2v) is 15.3. The van der Waals surface area contributed by atoms with Crippen LogP contribution in [-0.2, 0) is 4.79 Å². The molecule has 3 N–H and O–H groups in total. The molecule has 0 spiro atoms. The Morgan fingerprint density at radius 3 is 2.09 bits per heavy atom. The van der Waals surface area contributed by atoms with E-state index >= 15 is 0 Å². The van der Waals surface area contributed by atoms with Gasteiger partial charge in [0.05, 0.1) is 17.1 Å². The second kappa shape index (κ2) is 7.24. The Bertz CT molecular complexity index is 858. The van der Waals surface area contributed by atoms with Crippen LogP contribution in [0.25, 0.3) is 0 Å². The third-order valence-corrected chi connectivity index (χ3v) is 13.7. The van der Waals surface area contributed by atoms with Gasteiger partial charge >= 0.3 is 5.97 Å². The van der Waals surface area contributed by atoms with Crippen LogP contribution >= 0.6 is 0 Å². The van der Waals surface area contributed by atoms with Crippen LogP contribution in [0.5, 0.6) is 0 Å². The lowest BCUT2D eigenvalue weighted by molar-refractivity contribution is -0.252. The fourth-order valence-electron chi connectivity index (χ4n) is 11.7. The van der Waals surface area contributed by atoms with E-state index in [0.717, 1.165) is 44.9 Å². The molecular weight excluding hydrogens is 424 g/mol. The van der Waals surface area contributed by atoms with Gasteiger partial charge in [-0.25, -0.2) is 0 Å². The highest BCUT2D eigenvalue weighted by Crippen LogP contribution is 2.77. The highest BCUT2D eigenvalue weighted by Gasteiger charge is 2.72. The molecule has 34 heavy (non-hydrogen) atoms. The highest BCUT2D eigenvalue weighted by atomic mass is 16.4. The predicted molar refractivity (Wildman–Crippen MR) is 134 cm³/mol. The van der Waals surface area contributed by atoms with Crippen LogP contribution in [-0.4, -0.2) is 33.0 Å². The molecule has 0 aromatic rings. The number of aliphatic carboxylic acids is 1. The molecule has 0 aromatic heterocycles. The molecule has 5 fully saturated rings. The second-order valence-electron chi connectivity index (χ2n) is 15.3. The zero-order valence-electron chi connectivity index (χ0n) is 22.8. The largest absolute Gasteiger partial charge is 0.481 e. The Labute approximate surface area is 207 Å². The van der Waals surface area contributed by atoms with Crippen LogP contribution in [0.2, 0.25) is 0 Å². The van der Waals surface area contributed by atoms with Gasteiger partial charge in [-0.3, -0.25) is 4.79 Å². The summed E-state index contributed by atoms with van der Waals surface area (Å²) in [7, 11) is 0. The van der Waals surface area contributed by atoms with Crippen molar-refractivity contribution in [1.82, 2.24) is 0 Å².